The Balaban J connectivity index is 2.01. The van der Waals surface area contributed by atoms with E-state index in [0.29, 0.717) is 16.8 Å². The molecule has 0 saturated carbocycles. The molecule has 19 heavy (non-hydrogen) atoms. The van der Waals surface area contributed by atoms with E-state index in [9.17, 15) is 4.39 Å². The molecule has 0 atom stereocenters. The van der Waals surface area contributed by atoms with Crippen molar-refractivity contribution in [1.82, 2.24) is 0 Å². The molecule has 108 valence electrons. The summed E-state index contributed by atoms with van der Waals surface area (Å²) in [7, 11) is 0. The standard InChI is InChI=1S/C15H22BrFOS/c16-13-10-14(17)12-15(11-13)18-8-6-4-2-1-3-5-7-9-19/h10-12,19H,1-9H2. The van der Waals surface area contributed by atoms with Gasteiger partial charge in [-0.15, -0.1) is 0 Å². The highest BCUT2D eigenvalue weighted by Crippen LogP contribution is 2.20. The van der Waals surface area contributed by atoms with E-state index in [4.69, 9.17) is 4.74 Å². The maximum absolute atomic E-state index is 13.1. The lowest BCUT2D eigenvalue weighted by molar-refractivity contribution is 0.302. The van der Waals surface area contributed by atoms with Crippen molar-refractivity contribution in [2.75, 3.05) is 12.4 Å². The Labute approximate surface area is 129 Å². The first-order valence-electron chi connectivity index (χ1n) is 6.92. The molecule has 0 aromatic heterocycles. The largest absolute Gasteiger partial charge is 0.493 e. The number of hydrogen-bond donors (Lipinski definition) is 1. The lowest BCUT2D eigenvalue weighted by atomic mass is 10.1. The molecule has 1 nitrogen and oxygen atoms in total. The van der Waals surface area contributed by atoms with E-state index in [1.807, 2.05) is 0 Å². The van der Waals surface area contributed by atoms with Gasteiger partial charge in [0.1, 0.15) is 11.6 Å². The van der Waals surface area contributed by atoms with E-state index in [0.717, 1.165) is 12.2 Å². The van der Waals surface area contributed by atoms with Gasteiger partial charge in [0.05, 0.1) is 6.61 Å². The third-order valence-electron chi connectivity index (χ3n) is 2.91. The normalized spacial score (nSPS) is 10.7. The van der Waals surface area contributed by atoms with Crippen LogP contribution in [0, 0.1) is 5.82 Å². The van der Waals surface area contributed by atoms with E-state index < -0.39 is 0 Å². The van der Waals surface area contributed by atoms with Gasteiger partial charge in [0.25, 0.3) is 0 Å². The zero-order valence-corrected chi connectivity index (χ0v) is 13.7. The minimum Gasteiger partial charge on any atom is -0.493 e. The van der Waals surface area contributed by atoms with Gasteiger partial charge in [-0.2, -0.15) is 12.6 Å². The van der Waals surface area contributed by atoms with Gasteiger partial charge in [-0.25, -0.2) is 4.39 Å². The zero-order chi connectivity index (χ0) is 13.9. The number of unbranched alkanes of at least 4 members (excludes halogenated alkanes) is 6. The summed E-state index contributed by atoms with van der Waals surface area (Å²) < 4.78 is 19.3. The Kier molecular flexibility index (Phi) is 9.35. The van der Waals surface area contributed by atoms with Gasteiger partial charge < -0.3 is 4.74 Å². The molecule has 0 bridgehead atoms. The average Bonchev–Trinajstić information content (AvgIpc) is 2.36. The second kappa shape index (κ2) is 10.6. The maximum Gasteiger partial charge on any atom is 0.128 e. The van der Waals surface area contributed by atoms with Crippen LogP contribution in [0.25, 0.3) is 0 Å². The molecule has 0 N–H and O–H groups in total. The lowest BCUT2D eigenvalue weighted by Gasteiger charge is -2.07. The van der Waals surface area contributed by atoms with E-state index in [-0.39, 0.29) is 5.82 Å². The second-order valence-electron chi connectivity index (χ2n) is 4.65. The Hall–Kier alpha value is -0.220. The van der Waals surface area contributed by atoms with Crippen LogP contribution in [0.1, 0.15) is 44.9 Å². The number of rotatable bonds is 10. The third kappa shape index (κ3) is 8.53. The Morgan fingerprint density at radius 1 is 0.947 bits per heavy atom. The predicted molar refractivity (Wildman–Crippen MR) is 85.8 cm³/mol. The molecule has 1 rings (SSSR count). The first-order chi connectivity index (χ1) is 9.22. The van der Waals surface area contributed by atoms with Gasteiger partial charge in [0.15, 0.2) is 0 Å². The van der Waals surface area contributed by atoms with Crippen molar-refractivity contribution in [1.29, 1.82) is 0 Å². The van der Waals surface area contributed by atoms with Crippen LogP contribution in [-0.4, -0.2) is 12.4 Å². The maximum atomic E-state index is 13.1. The first kappa shape index (κ1) is 16.8. The molecule has 0 radical (unpaired) electrons. The summed E-state index contributed by atoms with van der Waals surface area (Å²) in [6.45, 7) is 0.659. The van der Waals surface area contributed by atoms with Crippen molar-refractivity contribution in [2.45, 2.75) is 44.9 Å². The summed E-state index contributed by atoms with van der Waals surface area (Å²) in [4.78, 5) is 0. The molecule has 0 aliphatic heterocycles. The minimum atomic E-state index is -0.270. The minimum absolute atomic E-state index is 0.270. The summed E-state index contributed by atoms with van der Waals surface area (Å²) in [5.74, 6) is 1.33. The van der Waals surface area contributed by atoms with Crippen molar-refractivity contribution in [3.8, 4) is 5.75 Å². The monoisotopic (exact) mass is 348 g/mol. The molecule has 1 aromatic rings. The van der Waals surface area contributed by atoms with Gasteiger partial charge in [-0.05, 0) is 30.7 Å². The van der Waals surface area contributed by atoms with Crippen molar-refractivity contribution < 1.29 is 9.13 Å². The molecule has 1 aromatic carbocycles. The fourth-order valence-electron chi connectivity index (χ4n) is 1.90. The number of thiol groups is 1. The molecule has 0 unspecified atom stereocenters. The quantitative estimate of drug-likeness (QED) is 0.426. The summed E-state index contributed by atoms with van der Waals surface area (Å²) >= 11 is 7.45. The van der Waals surface area contributed by atoms with Gasteiger partial charge >= 0.3 is 0 Å². The highest BCUT2D eigenvalue weighted by atomic mass is 79.9. The van der Waals surface area contributed by atoms with E-state index in [1.54, 1.807) is 6.07 Å². The number of ether oxygens (including phenoxy) is 1. The van der Waals surface area contributed by atoms with E-state index in [2.05, 4.69) is 28.6 Å². The fourth-order valence-corrected chi connectivity index (χ4v) is 2.57. The van der Waals surface area contributed by atoms with Gasteiger partial charge in [0.2, 0.25) is 0 Å². The predicted octanol–water partition coefficient (Wildman–Crippen LogP) is 5.63. The molecule has 0 amide bonds. The van der Waals surface area contributed by atoms with Gasteiger partial charge in [-0.1, -0.05) is 48.0 Å². The Morgan fingerprint density at radius 2 is 1.58 bits per heavy atom. The van der Waals surface area contributed by atoms with Crippen molar-refractivity contribution in [2.24, 2.45) is 0 Å². The zero-order valence-electron chi connectivity index (χ0n) is 11.2. The van der Waals surface area contributed by atoms with Crippen LogP contribution in [0.5, 0.6) is 5.75 Å². The number of halogens is 2. The van der Waals surface area contributed by atoms with E-state index in [1.165, 1.54) is 50.7 Å². The molecule has 0 heterocycles. The van der Waals surface area contributed by atoms with Crippen LogP contribution in [-0.2, 0) is 0 Å². The molecule has 0 aliphatic rings. The fraction of sp³-hybridized carbons (Fsp3) is 0.600. The molecule has 0 fully saturated rings. The second-order valence-corrected chi connectivity index (χ2v) is 6.01. The molecule has 4 heteroatoms. The molecule has 0 aliphatic carbocycles. The van der Waals surface area contributed by atoms with Gasteiger partial charge in [0, 0.05) is 10.5 Å². The topological polar surface area (TPSA) is 9.23 Å². The van der Waals surface area contributed by atoms with Crippen LogP contribution in [0.2, 0.25) is 0 Å². The van der Waals surface area contributed by atoms with Crippen LogP contribution >= 0.6 is 28.6 Å². The van der Waals surface area contributed by atoms with Crippen LogP contribution in [0.4, 0.5) is 4.39 Å². The van der Waals surface area contributed by atoms with Crippen molar-refractivity contribution in [3.63, 3.8) is 0 Å². The smallest absolute Gasteiger partial charge is 0.128 e. The van der Waals surface area contributed by atoms with E-state index >= 15 is 0 Å². The highest BCUT2D eigenvalue weighted by molar-refractivity contribution is 9.10. The average molecular weight is 349 g/mol. The van der Waals surface area contributed by atoms with Crippen molar-refractivity contribution >= 4 is 28.6 Å². The van der Waals surface area contributed by atoms with Crippen molar-refractivity contribution in [3.05, 3.63) is 28.5 Å². The highest BCUT2D eigenvalue weighted by Gasteiger charge is 1.99. The van der Waals surface area contributed by atoms with Crippen LogP contribution in [0.3, 0.4) is 0 Å². The number of hydrogen-bond acceptors (Lipinski definition) is 2. The van der Waals surface area contributed by atoms with Gasteiger partial charge in [-0.3, -0.25) is 0 Å². The lowest BCUT2D eigenvalue weighted by Crippen LogP contribution is -1.97. The summed E-state index contributed by atoms with van der Waals surface area (Å²) in [6, 6.07) is 4.64. The SMILES string of the molecule is Fc1cc(Br)cc(OCCCCCCCCCS)c1. The van der Waals surface area contributed by atoms with Crippen LogP contribution < -0.4 is 4.74 Å². The summed E-state index contributed by atoms with van der Waals surface area (Å²) in [5, 5.41) is 0. The first-order valence-corrected chi connectivity index (χ1v) is 8.34. The third-order valence-corrected chi connectivity index (χ3v) is 3.68. The molecule has 0 spiro atoms. The Morgan fingerprint density at radius 3 is 2.21 bits per heavy atom. The molecular weight excluding hydrogens is 327 g/mol. The molecular formula is C15H22BrFOS. The summed E-state index contributed by atoms with van der Waals surface area (Å²) in [6.07, 6.45) is 8.57. The summed E-state index contributed by atoms with van der Waals surface area (Å²) in [5.41, 5.74) is 0. The number of benzene rings is 1. The Bertz CT molecular complexity index is 340. The molecule has 0 saturated heterocycles. The van der Waals surface area contributed by atoms with Crippen LogP contribution in [0.15, 0.2) is 22.7 Å².